The number of benzene rings is 4. The van der Waals surface area contributed by atoms with Crippen LogP contribution in [0.2, 0.25) is 0 Å². The first-order valence-electron chi connectivity index (χ1n) is 41.1. The fraction of sp³-hybridized carbons (Fsp3) is 0.280. The van der Waals surface area contributed by atoms with Gasteiger partial charge in [-0.05, 0) is 98.7 Å². The second kappa shape index (κ2) is 37.2. The zero-order valence-electron chi connectivity index (χ0n) is 72.5. The molecule has 1 fully saturated rings. The van der Waals surface area contributed by atoms with Gasteiger partial charge in [-0.2, -0.15) is 49.7 Å². The summed E-state index contributed by atoms with van der Waals surface area (Å²) in [5.74, 6) is -0.450. The summed E-state index contributed by atoms with van der Waals surface area (Å²) in [5.41, 5.74) is 12.9. The first-order chi connectivity index (χ1) is 61.1. The number of aromatic nitrogens is 19. The molecule has 13 heterocycles. The summed E-state index contributed by atoms with van der Waals surface area (Å²) in [4.78, 5) is 89.4. The van der Waals surface area contributed by atoms with Crippen LogP contribution in [0.1, 0.15) is 196 Å². The first kappa shape index (κ1) is 89.8. The van der Waals surface area contributed by atoms with Crippen LogP contribution in [0.3, 0.4) is 0 Å². The van der Waals surface area contributed by atoms with E-state index in [9.17, 15) is 62.6 Å². The Labute approximate surface area is 729 Å². The minimum Gasteiger partial charge on any atom is -0.369 e. The quantitative estimate of drug-likeness (QED) is 0.0370. The third-order valence-electron chi connectivity index (χ3n) is 21.5. The highest BCUT2D eigenvalue weighted by atomic mass is 19.4. The highest BCUT2D eigenvalue weighted by molar-refractivity contribution is 5.77. The number of aryl methyl sites for hydroxylation is 2. The largest absolute Gasteiger partial charge is 0.433 e. The van der Waals surface area contributed by atoms with Crippen LogP contribution in [0.15, 0.2) is 171 Å². The summed E-state index contributed by atoms with van der Waals surface area (Å²) in [7, 11) is 0. The van der Waals surface area contributed by atoms with Crippen molar-refractivity contribution in [1.82, 2.24) is 98.3 Å². The Balaban J connectivity index is 0.000000137. The van der Waals surface area contributed by atoms with E-state index in [2.05, 4.69) is 102 Å². The van der Waals surface area contributed by atoms with E-state index < -0.39 is 29.6 Å². The fourth-order valence-electron chi connectivity index (χ4n) is 15.2. The van der Waals surface area contributed by atoms with Gasteiger partial charge in [-0.1, -0.05) is 159 Å². The topological polar surface area (TPSA) is 432 Å². The van der Waals surface area contributed by atoms with Gasteiger partial charge in [-0.25, -0.2) is 51.9 Å². The molecule has 7 N–H and O–H groups in total. The summed E-state index contributed by atoms with van der Waals surface area (Å²) < 4.78 is 60.6. The molecule has 16 aromatic rings. The number of hydrogen-bond donors (Lipinski definition) is 7. The van der Waals surface area contributed by atoms with Crippen molar-refractivity contribution in [3.8, 4) is 86.6 Å². The molecule has 17 rings (SSSR count). The third-order valence-corrected chi connectivity index (χ3v) is 21.5. The van der Waals surface area contributed by atoms with E-state index in [0.29, 0.717) is 84.2 Å². The Bertz CT molecular complexity index is 7460. The molecule has 4 aromatic carbocycles. The highest BCUT2D eigenvalue weighted by Gasteiger charge is 2.38. The maximum Gasteiger partial charge on any atom is 0.433 e. The van der Waals surface area contributed by atoms with Crippen LogP contribution in [0.4, 0.5) is 23.2 Å². The Morgan fingerprint density at radius 3 is 1.20 bits per heavy atom. The minimum absolute atomic E-state index is 0.0126. The molecular formula is C93H90F4N26O5. The van der Waals surface area contributed by atoms with E-state index in [1.807, 2.05) is 177 Å². The molecule has 0 aliphatic carbocycles. The van der Waals surface area contributed by atoms with Crippen LogP contribution in [0.25, 0.3) is 96.7 Å². The number of anilines is 1. The van der Waals surface area contributed by atoms with Gasteiger partial charge in [-0.3, -0.25) is 59.2 Å². The van der Waals surface area contributed by atoms with Crippen LogP contribution in [-0.4, -0.2) is 126 Å². The Kier molecular flexibility index (Phi) is 26.1. The zero-order chi connectivity index (χ0) is 92.1. The molecule has 0 unspecified atom stereocenters. The van der Waals surface area contributed by atoms with Crippen LogP contribution in [-0.2, 0) is 11.7 Å². The monoisotopic (exact) mass is 1730 g/mol. The molecule has 0 saturated carbocycles. The Hall–Kier alpha value is -15.9. The Morgan fingerprint density at radius 2 is 0.805 bits per heavy atom. The van der Waals surface area contributed by atoms with Gasteiger partial charge >= 0.3 is 6.18 Å². The van der Waals surface area contributed by atoms with Crippen molar-refractivity contribution in [1.29, 1.82) is 26.3 Å². The number of piperazine rings is 1. The molecule has 31 nitrogen and oxygen atoms in total. The number of halogens is 4. The van der Waals surface area contributed by atoms with Gasteiger partial charge in [0.25, 0.3) is 27.8 Å². The normalized spacial score (nSPS) is 12.3. The first-order valence-corrected chi connectivity index (χ1v) is 41.1. The molecule has 0 spiro atoms. The summed E-state index contributed by atoms with van der Waals surface area (Å²) >= 11 is 0. The molecule has 1 saturated heterocycles. The lowest BCUT2D eigenvalue weighted by Crippen LogP contribution is -2.43. The van der Waals surface area contributed by atoms with Gasteiger partial charge in [0.1, 0.15) is 70.5 Å². The molecule has 12 aromatic heterocycles. The van der Waals surface area contributed by atoms with Gasteiger partial charge in [0, 0.05) is 119 Å². The number of nitrogens with zero attached hydrogens (tertiary/aromatic N) is 19. The predicted molar refractivity (Wildman–Crippen MR) is 478 cm³/mol. The predicted octanol–water partition coefficient (Wildman–Crippen LogP) is 15.3. The standard InChI is InChI=1S/C24H20N4O.C20H22N6O.C18H18N4O.C17H19FN6O.C14H11F3N6O/c1-16(2)21-22(27-23-20(14-25)15-26-28(23)24(21)29)19-10-6-9-18(13-19)12-11-17-7-4-3-5-8-17;1-13(2)17-18(24-19-15(11-21)12-23-26(19)20(17)27)14-3-5-16(6-4-14)25-9-7-22-8-10-25;1-10(2)15-16(13-6-11(3)5-12(4)7-13)21-17-14(8-19)9-20-22(17)18(15)23;1-10(2)13-14(12-7-20-23(8-12)17(3,4)9-18)22-15-11(5-19)6-21-24(15)16(13)25;1-6(2)9-10(8-5-19-22-11(8)14(15,16)17)21-12-7(3-18)4-20-23(12)13(9)24/h3-13,15-16,26H,1-2H3;3-6,12-13,22-23H,7-10H2,1-2H3;5-7,9-10,20H,1-4H3;6-8,10,21H,9H2,1-4H3;4-6,20H,1-2H3,(H,19,22)/b12-11+;;;;. The molecule has 1 aliphatic heterocycles. The maximum absolute atomic E-state index is 13.2. The number of aromatic amines is 6. The van der Waals surface area contributed by atoms with E-state index in [4.69, 9.17) is 10.2 Å². The number of nitriles is 5. The van der Waals surface area contributed by atoms with E-state index in [1.165, 1.54) is 59.4 Å². The van der Waals surface area contributed by atoms with Crippen LogP contribution < -0.4 is 38.0 Å². The SMILES string of the molecule is CC(C)c1c(-c2ccc(N3CCNCC3)cc2)nc2c(C#N)c[nH]n2c1=O.CC(C)c1c(-c2cccc(/C=C/c3ccccc3)c2)nc2c(C#N)c[nH]n2c1=O.CC(C)c1c(-c2cn[nH]c2C(F)(F)F)nc2c(C#N)c[nH]n2c1=O.CC(C)c1c(-c2cnn(C(C)(C)CF)c2)nc2c(C#N)c[nH]n2c1=O.Cc1cc(C)cc(-c2nc3c(C#N)c[nH]n3c(=O)c2C(C)C)c1. The van der Waals surface area contributed by atoms with Gasteiger partial charge in [0.15, 0.2) is 28.2 Å². The lowest BCUT2D eigenvalue weighted by molar-refractivity contribution is -0.140. The molecule has 35 heteroatoms. The second-order valence-corrected chi connectivity index (χ2v) is 32.8. The zero-order valence-corrected chi connectivity index (χ0v) is 72.5. The second-order valence-electron chi connectivity index (χ2n) is 32.8. The van der Waals surface area contributed by atoms with Gasteiger partial charge in [-0.15, -0.1) is 0 Å². The maximum atomic E-state index is 13.2. The third kappa shape index (κ3) is 18.0. The molecule has 0 radical (unpaired) electrons. The van der Waals surface area contributed by atoms with E-state index in [0.717, 1.165) is 75.8 Å². The smallest absolute Gasteiger partial charge is 0.369 e. The van der Waals surface area contributed by atoms with Crippen molar-refractivity contribution in [2.24, 2.45) is 0 Å². The molecule has 0 atom stereocenters. The van der Waals surface area contributed by atoms with Crippen molar-refractivity contribution in [2.75, 3.05) is 37.8 Å². The minimum atomic E-state index is -4.68. The average Bonchev–Trinajstić information content (AvgIpc) is 1.59. The summed E-state index contributed by atoms with van der Waals surface area (Å²) in [5, 5.41) is 72.9. The number of alkyl halides is 4. The van der Waals surface area contributed by atoms with E-state index in [1.54, 1.807) is 40.1 Å². The molecule has 0 amide bonds. The lowest BCUT2D eigenvalue weighted by atomic mass is 9.96. The molecular weight excluding hydrogens is 1640 g/mol. The summed E-state index contributed by atoms with van der Waals surface area (Å²) in [6, 6.07) is 42.4. The van der Waals surface area contributed by atoms with Crippen molar-refractivity contribution in [3.63, 3.8) is 0 Å². The van der Waals surface area contributed by atoms with Gasteiger partial charge in [0.05, 0.1) is 52.0 Å². The molecule has 0 bridgehead atoms. The number of hydrogen-bond acceptors (Lipinski definition) is 19. The van der Waals surface area contributed by atoms with Crippen molar-refractivity contribution >= 4 is 46.1 Å². The van der Waals surface area contributed by atoms with Crippen LogP contribution in [0.5, 0.6) is 0 Å². The summed E-state index contributed by atoms with van der Waals surface area (Å²) in [6.45, 7) is 29.9. The number of H-pyrrole nitrogens is 6. The van der Waals surface area contributed by atoms with Crippen LogP contribution >= 0.6 is 0 Å². The molecule has 1 aliphatic rings. The van der Waals surface area contributed by atoms with E-state index in [-0.39, 0.29) is 91.1 Å². The van der Waals surface area contributed by atoms with Gasteiger partial charge in [0.2, 0.25) is 0 Å². The average molecular weight is 1730 g/mol. The van der Waals surface area contributed by atoms with Crippen molar-refractivity contribution < 1.29 is 17.6 Å². The highest BCUT2D eigenvalue weighted by Crippen LogP contribution is 2.39. The number of fused-ring (bicyclic) bond motifs is 5. The fourth-order valence-corrected chi connectivity index (χ4v) is 15.2. The molecule has 650 valence electrons. The number of nitrogens with one attached hydrogen (secondary N) is 7. The lowest BCUT2D eigenvalue weighted by Gasteiger charge is -2.29. The van der Waals surface area contributed by atoms with Gasteiger partial charge < -0.3 is 10.2 Å². The van der Waals surface area contributed by atoms with Crippen molar-refractivity contribution in [3.05, 3.63) is 282 Å². The van der Waals surface area contributed by atoms with Crippen molar-refractivity contribution in [2.45, 2.75) is 138 Å². The molecule has 128 heavy (non-hydrogen) atoms. The van der Waals surface area contributed by atoms with E-state index >= 15 is 0 Å². The Morgan fingerprint density at radius 1 is 0.438 bits per heavy atom. The number of rotatable bonds is 15. The summed E-state index contributed by atoms with van der Waals surface area (Å²) in [6.07, 6.45) is 10.9. The van der Waals surface area contributed by atoms with Crippen LogP contribution in [0, 0.1) is 70.5 Å².